The first-order valence-electron chi connectivity index (χ1n) is 8.49. The van der Waals surface area contributed by atoms with Gasteiger partial charge in [-0.15, -0.1) is 0 Å². The lowest BCUT2D eigenvalue weighted by molar-refractivity contribution is 0.110. The number of guanidine groups is 1. The van der Waals surface area contributed by atoms with Gasteiger partial charge >= 0.3 is 0 Å². The van der Waals surface area contributed by atoms with Crippen LogP contribution in [-0.4, -0.2) is 57.9 Å². The van der Waals surface area contributed by atoms with Gasteiger partial charge in [0.05, 0.1) is 13.2 Å². The number of nitrogens with one attached hydrogen (secondary N) is 1. The molecular formula is C18H28FN3O2. The number of ether oxygens (including phenoxy) is 2. The highest BCUT2D eigenvalue weighted by molar-refractivity contribution is 5.79. The Balaban J connectivity index is 2.00. The molecule has 2 unspecified atom stereocenters. The number of rotatable bonds is 7. The average molecular weight is 337 g/mol. The van der Waals surface area contributed by atoms with Gasteiger partial charge in [-0.2, -0.15) is 0 Å². The molecule has 5 nitrogen and oxygen atoms in total. The van der Waals surface area contributed by atoms with Gasteiger partial charge < -0.3 is 19.7 Å². The molecule has 1 fully saturated rings. The first-order chi connectivity index (χ1) is 11.6. The Morgan fingerprint density at radius 2 is 2.21 bits per heavy atom. The van der Waals surface area contributed by atoms with Gasteiger partial charge in [-0.3, -0.25) is 4.99 Å². The zero-order valence-corrected chi connectivity index (χ0v) is 14.8. The third-order valence-electron chi connectivity index (χ3n) is 4.19. The van der Waals surface area contributed by atoms with Crippen LogP contribution in [0.4, 0.5) is 4.39 Å². The molecule has 134 valence electrons. The van der Waals surface area contributed by atoms with Crippen molar-refractivity contribution in [3.05, 3.63) is 35.6 Å². The molecule has 1 aliphatic rings. The predicted octanol–water partition coefficient (Wildman–Crippen LogP) is 2.45. The minimum absolute atomic E-state index is 0.192. The van der Waals surface area contributed by atoms with E-state index in [1.54, 1.807) is 19.2 Å². The largest absolute Gasteiger partial charge is 0.381 e. The molecule has 2 atom stereocenters. The maximum atomic E-state index is 13.1. The topological polar surface area (TPSA) is 46.1 Å². The van der Waals surface area contributed by atoms with Crippen molar-refractivity contribution in [3.8, 4) is 0 Å². The lowest BCUT2D eigenvalue weighted by Gasteiger charge is -2.25. The fourth-order valence-electron chi connectivity index (χ4n) is 2.83. The van der Waals surface area contributed by atoms with Crippen molar-refractivity contribution in [2.45, 2.75) is 19.4 Å². The first-order valence-corrected chi connectivity index (χ1v) is 8.49. The standard InChI is InChI=1S/C18H28FN3O2/c1-4-20-18(22(2)12-14-9-10-24-13-14)21-11-17(23-3)15-5-7-16(19)8-6-15/h5-8,14,17H,4,9-13H2,1-3H3,(H,20,21). The number of aliphatic imine (C=N–C) groups is 1. The van der Waals surface area contributed by atoms with Crippen LogP contribution >= 0.6 is 0 Å². The van der Waals surface area contributed by atoms with Gasteiger partial charge in [-0.25, -0.2) is 4.39 Å². The second kappa shape index (κ2) is 9.59. The smallest absolute Gasteiger partial charge is 0.193 e. The van der Waals surface area contributed by atoms with Crippen molar-refractivity contribution in [1.82, 2.24) is 10.2 Å². The van der Waals surface area contributed by atoms with E-state index < -0.39 is 0 Å². The number of hydrogen-bond acceptors (Lipinski definition) is 3. The molecule has 0 amide bonds. The van der Waals surface area contributed by atoms with Crippen LogP contribution in [0.15, 0.2) is 29.3 Å². The van der Waals surface area contributed by atoms with E-state index in [9.17, 15) is 4.39 Å². The predicted molar refractivity (Wildman–Crippen MR) is 93.7 cm³/mol. The molecule has 1 heterocycles. The van der Waals surface area contributed by atoms with E-state index in [-0.39, 0.29) is 11.9 Å². The summed E-state index contributed by atoms with van der Waals surface area (Å²) in [6.07, 6.45) is 0.905. The summed E-state index contributed by atoms with van der Waals surface area (Å²) in [6, 6.07) is 6.38. The molecule has 24 heavy (non-hydrogen) atoms. The number of hydrogen-bond donors (Lipinski definition) is 1. The van der Waals surface area contributed by atoms with Crippen LogP contribution < -0.4 is 5.32 Å². The highest BCUT2D eigenvalue weighted by atomic mass is 19.1. The molecule has 6 heteroatoms. The Hall–Kier alpha value is -1.66. The Labute approximate surface area is 143 Å². The molecule has 1 aromatic carbocycles. The van der Waals surface area contributed by atoms with Crippen molar-refractivity contribution in [2.24, 2.45) is 10.9 Å². The fourth-order valence-corrected chi connectivity index (χ4v) is 2.83. The van der Waals surface area contributed by atoms with Gasteiger partial charge in [0, 0.05) is 39.8 Å². The number of nitrogens with zero attached hydrogens (tertiary/aromatic N) is 2. The van der Waals surface area contributed by atoms with Gasteiger partial charge in [-0.05, 0) is 31.0 Å². The van der Waals surface area contributed by atoms with Gasteiger partial charge in [0.15, 0.2) is 5.96 Å². The molecule has 1 N–H and O–H groups in total. The van der Waals surface area contributed by atoms with E-state index in [0.717, 1.165) is 44.2 Å². The van der Waals surface area contributed by atoms with Crippen molar-refractivity contribution < 1.29 is 13.9 Å². The van der Waals surface area contributed by atoms with E-state index in [2.05, 4.69) is 17.1 Å². The SMILES string of the molecule is CCNC(=NCC(OC)c1ccc(F)cc1)N(C)CC1CCOC1. The Bertz CT molecular complexity index is 516. The summed E-state index contributed by atoms with van der Waals surface area (Å²) in [5.74, 6) is 1.16. The molecule has 1 aromatic rings. The Kier molecular flexibility index (Phi) is 7.46. The molecule has 0 bridgehead atoms. The fraction of sp³-hybridized carbons (Fsp3) is 0.611. The van der Waals surface area contributed by atoms with Crippen LogP contribution in [0.5, 0.6) is 0 Å². The third-order valence-corrected chi connectivity index (χ3v) is 4.19. The average Bonchev–Trinajstić information content (AvgIpc) is 3.08. The molecule has 0 radical (unpaired) electrons. The first kappa shape index (κ1) is 18.7. The highest BCUT2D eigenvalue weighted by Crippen LogP contribution is 2.18. The van der Waals surface area contributed by atoms with E-state index in [1.165, 1.54) is 12.1 Å². The molecule has 0 saturated carbocycles. The highest BCUT2D eigenvalue weighted by Gasteiger charge is 2.19. The van der Waals surface area contributed by atoms with Crippen molar-refractivity contribution in [2.75, 3.05) is 47.0 Å². The third kappa shape index (κ3) is 5.46. The maximum absolute atomic E-state index is 13.1. The molecule has 1 saturated heterocycles. The van der Waals surface area contributed by atoms with Crippen molar-refractivity contribution in [3.63, 3.8) is 0 Å². The molecule has 0 spiro atoms. The van der Waals surface area contributed by atoms with Gasteiger partial charge in [0.25, 0.3) is 0 Å². The van der Waals surface area contributed by atoms with Crippen LogP contribution in [0.2, 0.25) is 0 Å². The molecule has 0 aromatic heterocycles. The van der Waals surface area contributed by atoms with Gasteiger partial charge in [0.2, 0.25) is 0 Å². The van der Waals surface area contributed by atoms with Crippen LogP contribution in [-0.2, 0) is 9.47 Å². The van der Waals surface area contributed by atoms with Crippen LogP contribution in [0, 0.1) is 11.7 Å². The lowest BCUT2D eigenvalue weighted by Crippen LogP contribution is -2.41. The van der Waals surface area contributed by atoms with Crippen LogP contribution in [0.3, 0.4) is 0 Å². The maximum Gasteiger partial charge on any atom is 0.193 e. The lowest BCUT2D eigenvalue weighted by atomic mass is 10.1. The summed E-state index contributed by atoms with van der Waals surface area (Å²) in [7, 11) is 3.69. The molecular weight excluding hydrogens is 309 g/mol. The minimum atomic E-state index is -0.246. The Morgan fingerprint density at radius 1 is 1.46 bits per heavy atom. The van der Waals surface area contributed by atoms with E-state index in [4.69, 9.17) is 14.5 Å². The molecule has 2 rings (SSSR count). The number of methoxy groups -OCH3 is 1. The summed E-state index contributed by atoms with van der Waals surface area (Å²) in [5.41, 5.74) is 0.922. The van der Waals surface area contributed by atoms with E-state index >= 15 is 0 Å². The van der Waals surface area contributed by atoms with Crippen molar-refractivity contribution >= 4 is 5.96 Å². The zero-order valence-electron chi connectivity index (χ0n) is 14.8. The van der Waals surface area contributed by atoms with Gasteiger partial charge in [0.1, 0.15) is 11.9 Å². The van der Waals surface area contributed by atoms with Gasteiger partial charge in [-0.1, -0.05) is 12.1 Å². The summed E-state index contributed by atoms with van der Waals surface area (Å²) >= 11 is 0. The van der Waals surface area contributed by atoms with Crippen LogP contribution in [0.25, 0.3) is 0 Å². The van der Waals surface area contributed by atoms with Crippen molar-refractivity contribution in [1.29, 1.82) is 0 Å². The molecule has 0 aliphatic carbocycles. The van der Waals surface area contributed by atoms with Crippen LogP contribution in [0.1, 0.15) is 25.0 Å². The quantitative estimate of drug-likeness (QED) is 0.613. The second-order valence-electron chi connectivity index (χ2n) is 6.08. The Morgan fingerprint density at radius 3 is 2.79 bits per heavy atom. The summed E-state index contributed by atoms with van der Waals surface area (Å²) in [6.45, 7) is 5.92. The number of benzene rings is 1. The summed E-state index contributed by atoms with van der Waals surface area (Å²) in [4.78, 5) is 6.84. The molecule has 1 aliphatic heterocycles. The zero-order chi connectivity index (χ0) is 17.4. The van der Waals surface area contributed by atoms with E-state index in [0.29, 0.717) is 12.5 Å². The minimum Gasteiger partial charge on any atom is -0.381 e. The van der Waals surface area contributed by atoms with E-state index in [1.807, 2.05) is 7.05 Å². The number of halogens is 1. The monoisotopic (exact) mass is 337 g/mol. The summed E-state index contributed by atoms with van der Waals surface area (Å²) < 4.78 is 24.0. The summed E-state index contributed by atoms with van der Waals surface area (Å²) in [5, 5.41) is 3.32. The normalized spacial score (nSPS) is 19.3. The second-order valence-corrected chi connectivity index (χ2v) is 6.08.